The number of carbonyl (C=O) groups is 2. The molecule has 0 heterocycles. The van der Waals surface area contributed by atoms with Crippen molar-refractivity contribution in [2.45, 2.75) is 60.8 Å². The van der Waals surface area contributed by atoms with Crippen molar-refractivity contribution in [3.8, 4) is 0 Å². The van der Waals surface area contributed by atoms with Crippen LogP contribution in [0.1, 0.15) is 60.8 Å². The lowest BCUT2D eigenvalue weighted by atomic mass is 9.72. The molecule has 0 aromatic rings. The fourth-order valence-electron chi connectivity index (χ4n) is 3.66. The zero-order chi connectivity index (χ0) is 25.1. The second-order valence-corrected chi connectivity index (χ2v) is 9.63. The third-order valence-corrected chi connectivity index (χ3v) is 5.89. The van der Waals surface area contributed by atoms with Crippen molar-refractivity contribution in [2.24, 2.45) is 10.8 Å². The SMILES string of the molecule is CC(=O)OCC(CO)(CO)COC(=O)C=C(C)C=CC=C(C)C=CC1=C(C)CCCC1(C)C. The molecule has 184 valence electrons. The van der Waals surface area contributed by atoms with Gasteiger partial charge in [0.05, 0.1) is 18.6 Å². The minimum absolute atomic E-state index is 0.205. The van der Waals surface area contributed by atoms with Crippen molar-refractivity contribution in [1.82, 2.24) is 0 Å². The third kappa shape index (κ3) is 9.93. The monoisotopic (exact) mass is 460 g/mol. The van der Waals surface area contributed by atoms with E-state index < -0.39 is 30.6 Å². The van der Waals surface area contributed by atoms with Gasteiger partial charge in [0.15, 0.2) is 0 Å². The van der Waals surface area contributed by atoms with Gasteiger partial charge < -0.3 is 19.7 Å². The van der Waals surface area contributed by atoms with E-state index in [1.165, 1.54) is 37.0 Å². The van der Waals surface area contributed by atoms with E-state index in [9.17, 15) is 19.8 Å². The maximum absolute atomic E-state index is 12.1. The number of esters is 2. The van der Waals surface area contributed by atoms with Gasteiger partial charge in [0.1, 0.15) is 13.2 Å². The van der Waals surface area contributed by atoms with Crippen LogP contribution < -0.4 is 0 Å². The number of allylic oxidation sites excluding steroid dienone is 9. The highest BCUT2D eigenvalue weighted by Gasteiger charge is 2.32. The Balaban J connectivity index is 2.69. The fraction of sp³-hybridized carbons (Fsp3) is 0.556. The summed E-state index contributed by atoms with van der Waals surface area (Å²) >= 11 is 0. The molecule has 0 saturated heterocycles. The molecule has 6 nitrogen and oxygen atoms in total. The van der Waals surface area contributed by atoms with E-state index in [-0.39, 0.29) is 18.6 Å². The topological polar surface area (TPSA) is 93.1 Å². The molecule has 1 aliphatic rings. The molecule has 0 aliphatic heterocycles. The minimum Gasteiger partial charge on any atom is -0.465 e. The van der Waals surface area contributed by atoms with Gasteiger partial charge in [-0.25, -0.2) is 4.79 Å². The largest absolute Gasteiger partial charge is 0.465 e. The summed E-state index contributed by atoms with van der Waals surface area (Å²) in [6.07, 6.45) is 14.9. The Hall–Kier alpha value is -2.44. The van der Waals surface area contributed by atoms with Crippen molar-refractivity contribution >= 4 is 11.9 Å². The number of rotatable bonds is 11. The Morgan fingerprint density at radius 2 is 1.67 bits per heavy atom. The summed E-state index contributed by atoms with van der Waals surface area (Å²) in [5, 5.41) is 19.1. The molecule has 1 rings (SSSR count). The molecule has 0 atom stereocenters. The Kier molecular flexibility index (Phi) is 11.5. The summed E-state index contributed by atoms with van der Waals surface area (Å²) in [7, 11) is 0. The normalized spacial score (nSPS) is 17.7. The smallest absolute Gasteiger partial charge is 0.331 e. The number of aliphatic hydroxyl groups excluding tert-OH is 2. The lowest BCUT2D eigenvalue weighted by molar-refractivity contribution is -0.154. The van der Waals surface area contributed by atoms with Gasteiger partial charge in [0.25, 0.3) is 0 Å². The van der Waals surface area contributed by atoms with Crippen molar-refractivity contribution in [2.75, 3.05) is 26.4 Å². The van der Waals surface area contributed by atoms with E-state index in [0.29, 0.717) is 5.57 Å². The van der Waals surface area contributed by atoms with Gasteiger partial charge in [-0.15, -0.1) is 0 Å². The van der Waals surface area contributed by atoms with E-state index in [0.717, 1.165) is 12.0 Å². The van der Waals surface area contributed by atoms with Crippen LogP contribution in [0.3, 0.4) is 0 Å². The van der Waals surface area contributed by atoms with Gasteiger partial charge in [-0.2, -0.15) is 0 Å². The molecule has 0 radical (unpaired) electrons. The highest BCUT2D eigenvalue weighted by Crippen LogP contribution is 2.40. The quantitative estimate of drug-likeness (QED) is 0.266. The van der Waals surface area contributed by atoms with Gasteiger partial charge in [-0.1, -0.05) is 55.4 Å². The van der Waals surface area contributed by atoms with Gasteiger partial charge >= 0.3 is 11.9 Å². The summed E-state index contributed by atoms with van der Waals surface area (Å²) in [6.45, 7) is 10.4. The first-order chi connectivity index (χ1) is 15.4. The standard InChI is InChI=1S/C27H40O6/c1-20(12-13-24-22(3)11-8-14-26(24,5)6)9-7-10-21(2)15-25(31)33-19-27(16-28,17-29)18-32-23(4)30/h7,9-10,12-13,15,28-29H,8,11,14,16-19H2,1-6H3. The van der Waals surface area contributed by atoms with Gasteiger partial charge in [0.2, 0.25) is 0 Å². The molecule has 0 fully saturated rings. The average molecular weight is 461 g/mol. The molecule has 33 heavy (non-hydrogen) atoms. The molecule has 0 spiro atoms. The van der Waals surface area contributed by atoms with Crippen LogP contribution >= 0.6 is 0 Å². The van der Waals surface area contributed by atoms with Crippen molar-refractivity contribution in [1.29, 1.82) is 0 Å². The van der Waals surface area contributed by atoms with E-state index >= 15 is 0 Å². The Bertz CT molecular complexity index is 835. The Labute approximate surface area is 198 Å². The summed E-state index contributed by atoms with van der Waals surface area (Å²) in [5.41, 5.74) is 3.65. The second-order valence-electron chi connectivity index (χ2n) is 9.63. The molecular weight excluding hydrogens is 420 g/mol. The zero-order valence-electron chi connectivity index (χ0n) is 20.9. The molecule has 0 aromatic heterocycles. The van der Waals surface area contributed by atoms with Crippen LogP contribution in [-0.4, -0.2) is 48.6 Å². The minimum atomic E-state index is -1.23. The number of hydrogen-bond acceptors (Lipinski definition) is 6. The fourth-order valence-corrected chi connectivity index (χ4v) is 3.66. The summed E-state index contributed by atoms with van der Waals surface area (Å²) in [5.74, 6) is -1.14. The molecule has 0 unspecified atom stereocenters. The first kappa shape index (κ1) is 28.6. The van der Waals surface area contributed by atoms with Crippen LogP contribution in [0.25, 0.3) is 0 Å². The molecule has 2 N–H and O–H groups in total. The average Bonchev–Trinajstić information content (AvgIpc) is 2.73. The van der Waals surface area contributed by atoms with Crippen molar-refractivity contribution < 1.29 is 29.3 Å². The van der Waals surface area contributed by atoms with Crippen LogP contribution in [0.4, 0.5) is 0 Å². The van der Waals surface area contributed by atoms with Crippen LogP contribution in [0.5, 0.6) is 0 Å². The maximum atomic E-state index is 12.1. The first-order valence-corrected chi connectivity index (χ1v) is 11.4. The molecular formula is C27H40O6. The van der Waals surface area contributed by atoms with Crippen molar-refractivity contribution in [3.05, 3.63) is 58.7 Å². The molecule has 1 aliphatic carbocycles. The van der Waals surface area contributed by atoms with Crippen LogP contribution in [-0.2, 0) is 19.1 Å². The number of hydrogen-bond donors (Lipinski definition) is 2. The Morgan fingerprint density at radius 1 is 1.03 bits per heavy atom. The second kappa shape index (κ2) is 13.3. The lowest BCUT2D eigenvalue weighted by Gasteiger charge is -2.32. The third-order valence-electron chi connectivity index (χ3n) is 5.89. The van der Waals surface area contributed by atoms with E-state index in [2.05, 4.69) is 32.9 Å². The highest BCUT2D eigenvalue weighted by atomic mass is 16.5. The van der Waals surface area contributed by atoms with Gasteiger partial charge in [-0.3, -0.25) is 4.79 Å². The highest BCUT2D eigenvalue weighted by molar-refractivity contribution is 5.83. The van der Waals surface area contributed by atoms with E-state index in [4.69, 9.17) is 9.47 Å². The number of aliphatic hydroxyl groups is 2. The van der Waals surface area contributed by atoms with Crippen molar-refractivity contribution in [3.63, 3.8) is 0 Å². The Morgan fingerprint density at radius 3 is 2.24 bits per heavy atom. The van der Waals surface area contributed by atoms with Crippen LogP contribution in [0.2, 0.25) is 0 Å². The maximum Gasteiger partial charge on any atom is 0.331 e. The molecule has 6 heteroatoms. The van der Waals surface area contributed by atoms with Gasteiger partial charge in [-0.05, 0) is 56.6 Å². The zero-order valence-corrected chi connectivity index (χ0v) is 20.9. The molecule has 0 aromatic carbocycles. The molecule has 0 amide bonds. The van der Waals surface area contributed by atoms with Gasteiger partial charge in [0, 0.05) is 13.0 Å². The van der Waals surface area contributed by atoms with E-state index in [1.807, 2.05) is 19.1 Å². The summed E-state index contributed by atoms with van der Waals surface area (Å²) < 4.78 is 10.0. The molecule has 0 bridgehead atoms. The lowest BCUT2D eigenvalue weighted by Crippen LogP contribution is -2.40. The van der Waals surface area contributed by atoms with E-state index in [1.54, 1.807) is 13.0 Å². The molecule has 0 saturated carbocycles. The van der Waals surface area contributed by atoms with Crippen LogP contribution in [0.15, 0.2) is 58.7 Å². The summed E-state index contributed by atoms with van der Waals surface area (Å²) in [6, 6.07) is 0. The predicted octanol–water partition coefficient (Wildman–Crippen LogP) is 4.60. The van der Waals surface area contributed by atoms with Crippen LogP contribution in [0, 0.1) is 10.8 Å². The number of ether oxygens (including phenoxy) is 2. The summed E-state index contributed by atoms with van der Waals surface area (Å²) in [4.78, 5) is 23.1. The first-order valence-electron chi connectivity index (χ1n) is 11.4. The predicted molar refractivity (Wildman–Crippen MR) is 130 cm³/mol. The number of carbonyl (C=O) groups excluding carboxylic acids is 2.